The van der Waals surface area contributed by atoms with E-state index in [1.54, 1.807) is 4.90 Å². The number of urea groups is 1. The van der Waals surface area contributed by atoms with Crippen LogP contribution in [-0.2, 0) is 9.59 Å². The maximum Gasteiger partial charge on any atom is 0.326 e. The minimum absolute atomic E-state index is 0.0939. The highest BCUT2D eigenvalue weighted by molar-refractivity contribution is 5.83. The molecule has 2 N–H and O–H groups in total. The summed E-state index contributed by atoms with van der Waals surface area (Å²) in [5, 5.41) is 11.6. The molecule has 2 fully saturated rings. The maximum absolute atomic E-state index is 12.1. The van der Waals surface area contributed by atoms with Gasteiger partial charge in [0, 0.05) is 32.1 Å². The van der Waals surface area contributed by atoms with E-state index in [4.69, 9.17) is 5.11 Å². The molecule has 1 unspecified atom stereocenters. The van der Waals surface area contributed by atoms with Crippen LogP contribution in [-0.4, -0.2) is 64.5 Å². The number of nitrogens with zero attached hydrogens (tertiary/aromatic N) is 2. The summed E-state index contributed by atoms with van der Waals surface area (Å²) in [6, 6.07) is -1.09. The molecular formula is C13H21N3O4. The molecule has 0 spiro atoms. The van der Waals surface area contributed by atoms with E-state index >= 15 is 0 Å². The van der Waals surface area contributed by atoms with E-state index in [1.807, 2.05) is 11.8 Å². The SMILES string of the molecule is CCC[C@@H](NC(=O)N1CCN2C(=O)CCC2C1)C(=O)O. The van der Waals surface area contributed by atoms with Gasteiger partial charge in [-0.05, 0) is 12.8 Å². The summed E-state index contributed by atoms with van der Waals surface area (Å²) in [6.07, 6.45) is 2.44. The Balaban J connectivity index is 1.90. The standard InChI is InChI=1S/C13H21N3O4/c1-2-3-10(12(18)19)14-13(20)15-6-7-16-9(8-15)4-5-11(16)17/h9-10H,2-8H2,1H3,(H,14,20)(H,18,19)/t9?,10-/m1/s1. The lowest BCUT2D eigenvalue weighted by Crippen LogP contribution is -2.57. The molecule has 2 atom stereocenters. The molecule has 7 nitrogen and oxygen atoms in total. The topological polar surface area (TPSA) is 90.0 Å². The summed E-state index contributed by atoms with van der Waals surface area (Å²) in [6.45, 7) is 3.38. The summed E-state index contributed by atoms with van der Waals surface area (Å²) in [4.78, 5) is 38.2. The number of carboxylic acid groups (broad SMARTS) is 1. The normalized spacial score (nSPS) is 23.4. The van der Waals surface area contributed by atoms with Gasteiger partial charge in [0.1, 0.15) is 6.04 Å². The first kappa shape index (κ1) is 14.6. The van der Waals surface area contributed by atoms with Crippen LogP contribution in [0.2, 0.25) is 0 Å². The zero-order valence-corrected chi connectivity index (χ0v) is 11.7. The zero-order valence-electron chi connectivity index (χ0n) is 11.7. The predicted octanol–water partition coefficient (Wildman–Crippen LogP) is 0.256. The van der Waals surface area contributed by atoms with Crippen molar-refractivity contribution in [1.82, 2.24) is 15.1 Å². The van der Waals surface area contributed by atoms with Crippen LogP contribution in [0.25, 0.3) is 0 Å². The number of amides is 3. The number of carbonyl (C=O) groups excluding carboxylic acids is 2. The van der Waals surface area contributed by atoms with Crippen LogP contribution in [0.1, 0.15) is 32.6 Å². The van der Waals surface area contributed by atoms with Gasteiger partial charge in [0.05, 0.1) is 0 Å². The van der Waals surface area contributed by atoms with E-state index in [-0.39, 0.29) is 18.0 Å². The van der Waals surface area contributed by atoms with Gasteiger partial charge in [-0.1, -0.05) is 13.3 Å². The van der Waals surface area contributed by atoms with Crippen molar-refractivity contribution >= 4 is 17.9 Å². The van der Waals surface area contributed by atoms with Gasteiger partial charge in [-0.25, -0.2) is 9.59 Å². The predicted molar refractivity (Wildman–Crippen MR) is 71.2 cm³/mol. The molecule has 2 rings (SSSR count). The molecule has 2 aliphatic rings. The highest BCUT2D eigenvalue weighted by atomic mass is 16.4. The van der Waals surface area contributed by atoms with Gasteiger partial charge in [0.15, 0.2) is 0 Å². The lowest BCUT2D eigenvalue weighted by atomic mass is 10.1. The van der Waals surface area contributed by atoms with Gasteiger partial charge < -0.3 is 20.2 Å². The monoisotopic (exact) mass is 283 g/mol. The summed E-state index contributed by atoms with van der Waals surface area (Å²) >= 11 is 0. The molecule has 112 valence electrons. The minimum atomic E-state index is -1.00. The Kier molecular flexibility index (Phi) is 4.46. The molecule has 3 amide bonds. The van der Waals surface area contributed by atoms with Gasteiger partial charge in [0.25, 0.3) is 0 Å². The van der Waals surface area contributed by atoms with Crippen LogP contribution in [0.4, 0.5) is 4.79 Å². The Bertz CT molecular complexity index is 412. The summed E-state index contributed by atoms with van der Waals surface area (Å²) in [5.41, 5.74) is 0. The Morgan fingerprint density at radius 2 is 2.20 bits per heavy atom. The number of nitrogens with one attached hydrogen (secondary N) is 1. The Morgan fingerprint density at radius 3 is 2.85 bits per heavy atom. The largest absolute Gasteiger partial charge is 0.480 e. The van der Waals surface area contributed by atoms with E-state index in [9.17, 15) is 14.4 Å². The number of carboxylic acids is 1. The molecule has 0 bridgehead atoms. The fourth-order valence-corrected chi connectivity index (χ4v) is 2.84. The van der Waals surface area contributed by atoms with Crippen LogP contribution >= 0.6 is 0 Å². The van der Waals surface area contributed by atoms with Crippen LogP contribution < -0.4 is 5.32 Å². The minimum Gasteiger partial charge on any atom is -0.480 e. The van der Waals surface area contributed by atoms with Crippen LogP contribution in [0.5, 0.6) is 0 Å². The number of rotatable bonds is 4. The van der Waals surface area contributed by atoms with E-state index in [0.717, 1.165) is 6.42 Å². The van der Waals surface area contributed by atoms with Crippen LogP contribution in [0.15, 0.2) is 0 Å². The molecule has 7 heteroatoms. The summed E-state index contributed by atoms with van der Waals surface area (Å²) in [5.74, 6) is -0.848. The third-order valence-electron chi connectivity index (χ3n) is 3.95. The van der Waals surface area contributed by atoms with E-state index in [1.165, 1.54) is 0 Å². The first-order chi connectivity index (χ1) is 9.52. The lowest BCUT2D eigenvalue weighted by molar-refractivity contribution is -0.139. The van der Waals surface area contributed by atoms with E-state index in [2.05, 4.69) is 5.32 Å². The molecule has 2 saturated heterocycles. The second-order valence-electron chi connectivity index (χ2n) is 5.35. The molecule has 2 aliphatic heterocycles. The quantitative estimate of drug-likeness (QED) is 0.774. The van der Waals surface area contributed by atoms with Crippen molar-refractivity contribution in [1.29, 1.82) is 0 Å². The maximum atomic E-state index is 12.1. The van der Waals surface area contributed by atoms with Crippen molar-refractivity contribution in [3.63, 3.8) is 0 Å². The molecule has 0 aromatic heterocycles. The number of hydrogen-bond donors (Lipinski definition) is 2. The number of fused-ring (bicyclic) bond motifs is 1. The van der Waals surface area contributed by atoms with Crippen molar-refractivity contribution in [2.24, 2.45) is 0 Å². The molecule has 0 saturated carbocycles. The summed E-state index contributed by atoms with van der Waals surface area (Å²) in [7, 11) is 0. The first-order valence-electron chi connectivity index (χ1n) is 7.10. The fraction of sp³-hybridized carbons (Fsp3) is 0.769. The Morgan fingerprint density at radius 1 is 1.45 bits per heavy atom. The summed E-state index contributed by atoms with van der Waals surface area (Å²) < 4.78 is 0. The van der Waals surface area contributed by atoms with Gasteiger partial charge in [-0.2, -0.15) is 0 Å². The number of carbonyl (C=O) groups is 3. The fourth-order valence-electron chi connectivity index (χ4n) is 2.84. The van der Waals surface area contributed by atoms with Crippen molar-refractivity contribution < 1.29 is 19.5 Å². The Hall–Kier alpha value is -1.79. The Labute approximate surface area is 117 Å². The van der Waals surface area contributed by atoms with E-state index in [0.29, 0.717) is 38.9 Å². The van der Waals surface area contributed by atoms with E-state index < -0.39 is 12.0 Å². The van der Waals surface area contributed by atoms with Gasteiger partial charge >= 0.3 is 12.0 Å². The third kappa shape index (κ3) is 3.02. The number of aliphatic carboxylic acids is 1. The molecule has 0 aliphatic carbocycles. The van der Waals surface area contributed by atoms with Crippen molar-refractivity contribution in [2.45, 2.75) is 44.7 Å². The zero-order chi connectivity index (χ0) is 14.7. The highest BCUT2D eigenvalue weighted by Gasteiger charge is 2.37. The van der Waals surface area contributed by atoms with Crippen molar-refractivity contribution in [2.75, 3.05) is 19.6 Å². The molecular weight excluding hydrogens is 262 g/mol. The van der Waals surface area contributed by atoms with Gasteiger partial charge in [0.2, 0.25) is 5.91 Å². The molecule has 2 heterocycles. The van der Waals surface area contributed by atoms with Gasteiger partial charge in [-0.15, -0.1) is 0 Å². The molecule has 20 heavy (non-hydrogen) atoms. The smallest absolute Gasteiger partial charge is 0.326 e. The second kappa shape index (κ2) is 6.11. The molecule has 0 aromatic rings. The highest BCUT2D eigenvalue weighted by Crippen LogP contribution is 2.22. The van der Waals surface area contributed by atoms with Crippen molar-refractivity contribution in [3.8, 4) is 0 Å². The molecule has 0 aromatic carbocycles. The first-order valence-corrected chi connectivity index (χ1v) is 7.10. The second-order valence-corrected chi connectivity index (χ2v) is 5.35. The number of piperazine rings is 1. The molecule has 0 radical (unpaired) electrons. The van der Waals surface area contributed by atoms with Crippen LogP contribution in [0.3, 0.4) is 0 Å². The third-order valence-corrected chi connectivity index (χ3v) is 3.95. The average Bonchev–Trinajstić information content (AvgIpc) is 2.79. The van der Waals surface area contributed by atoms with Crippen LogP contribution in [0, 0.1) is 0 Å². The number of hydrogen-bond acceptors (Lipinski definition) is 3. The van der Waals surface area contributed by atoms with Gasteiger partial charge in [-0.3, -0.25) is 4.79 Å². The average molecular weight is 283 g/mol. The lowest BCUT2D eigenvalue weighted by Gasteiger charge is -2.37. The van der Waals surface area contributed by atoms with Crippen molar-refractivity contribution in [3.05, 3.63) is 0 Å².